The molecule has 5 heteroatoms. The van der Waals surface area contributed by atoms with Crippen LogP contribution in [0.4, 0.5) is 0 Å². The molecule has 0 saturated heterocycles. The first-order chi connectivity index (χ1) is 7.11. The van der Waals surface area contributed by atoms with E-state index in [0.717, 1.165) is 6.42 Å². The quantitative estimate of drug-likeness (QED) is 0.541. The topological polar surface area (TPSA) is 84.2 Å². The highest BCUT2D eigenvalue weighted by Gasteiger charge is 2.10. The van der Waals surface area contributed by atoms with Crippen molar-refractivity contribution in [2.75, 3.05) is 19.6 Å². The van der Waals surface area contributed by atoms with Crippen LogP contribution in [0, 0.1) is 5.92 Å². The van der Waals surface area contributed by atoms with Crippen LogP contribution in [0.1, 0.15) is 26.7 Å². The van der Waals surface area contributed by atoms with E-state index in [1.165, 1.54) is 0 Å². The molecular weight excluding hydrogens is 194 g/mol. The van der Waals surface area contributed by atoms with Crippen molar-refractivity contribution in [2.24, 2.45) is 11.7 Å². The second-order valence-corrected chi connectivity index (χ2v) is 3.53. The molecule has 0 aromatic heterocycles. The predicted octanol–water partition coefficient (Wildman–Crippen LogP) is -0.386. The second kappa shape index (κ2) is 8.23. The molecule has 1 unspecified atom stereocenters. The average molecular weight is 215 g/mol. The first-order valence-corrected chi connectivity index (χ1v) is 5.36. The summed E-state index contributed by atoms with van der Waals surface area (Å²) in [6, 6.07) is 0. The van der Waals surface area contributed by atoms with Gasteiger partial charge in [0, 0.05) is 32.0 Å². The second-order valence-electron chi connectivity index (χ2n) is 3.53. The maximum absolute atomic E-state index is 11.2. The molecule has 0 aliphatic carbocycles. The lowest BCUT2D eigenvalue weighted by Gasteiger charge is -2.09. The number of hydrogen-bond donors (Lipinski definition) is 3. The van der Waals surface area contributed by atoms with Gasteiger partial charge in [-0.3, -0.25) is 9.59 Å². The maximum atomic E-state index is 11.2. The third-order valence-electron chi connectivity index (χ3n) is 2.02. The molecule has 0 bridgehead atoms. The molecular formula is C10H21N3O2. The third-order valence-corrected chi connectivity index (χ3v) is 2.02. The predicted molar refractivity (Wildman–Crippen MR) is 59.1 cm³/mol. The Morgan fingerprint density at radius 1 is 1.27 bits per heavy atom. The van der Waals surface area contributed by atoms with Gasteiger partial charge >= 0.3 is 0 Å². The monoisotopic (exact) mass is 215 g/mol. The van der Waals surface area contributed by atoms with Gasteiger partial charge in [0.15, 0.2) is 0 Å². The maximum Gasteiger partial charge on any atom is 0.224 e. The minimum absolute atomic E-state index is 0.0300. The van der Waals surface area contributed by atoms with Gasteiger partial charge in [-0.05, 0) is 6.42 Å². The lowest BCUT2D eigenvalue weighted by Crippen LogP contribution is -2.36. The van der Waals surface area contributed by atoms with E-state index in [1.807, 2.05) is 6.92 Å². The van der Waals surface area contributed by atoms with Crippen LogP contribution in [-0.2, 0) is 9.59 Å². The Labute approximate surface area is 90.8 Å². The minimum atomic E-state index is -0.191. The highest BCUT2D eigenvalue weighted by molar-refractivity contribution is 5.80. The van der Waals surface area contributed by atoms with Gasteiger partial charge in [-0.1, -0.05) is 13.8 Å². The summed E-state index contributed by atoms with van der Waals surface area (Å²) in [4.78, 5) is 22.4. The largest absolute Gasteiger partial charge is 0.356 e. The Morgan fingerprint density at radius 2 is 1.93 bits per heavy atom. The third kappa shape index (κ3) is 6.90. The molecule has 2 amide bonds. The van der Waals surface area contributed by atoms with Crippen molar-refractivity contribution >= 4 is 11.8 Å². The summed E-state index contributed by atoms with van der Waals surface area (Å²) in [6.07, 6.45) is 1.24. The Bertz CT molecular complexity index is 207. The molecule has 0 aliphatic rings. The van der Waals surface area contributed by atoms with E-state index in [4.69, 9.17) is 5.73 Å². The molecule has 0 aliphatic heterocycles. The van der Waals surface area contributed by atoms with Crippen LogP contribution in [0.3, 0.4) is 0 Å². The standard InChI is InChI=1S/C10H21N3O2/c1-3-5-12-9(14)4-6-13-10(15)8(2)7-11/h8H,3-7,11H2,1-2H3,(H,12,14)(H,13,15). The van der Waals surface area contributed by atoms with Crippen molar-refractivity contribution in [3.05, 3.63) is 0 Å². The van der Waals surface area contributed by atoms with Gasteiger partial charge in [-0.2, -0.15) is 0 Å². The molecule has 0 spiro atoms. The summed E-state index contributed by atoms with van der Waals surface area (Å²) in [5.41, 5.74) is 5.33. The Hall–Kier alpha value is -1.10. The summed E-state index contributed by atoms with van der Waals surface area (Å²) in [5.74, 6) is -0.318. The van der Waals surface area contributed by atoms with E-state index < -0.39 is 0 Å². The number of rotatable bonds is 7. The highest BCUT2D eigenvalue weighted by atomic mass is 16.2. The molecule has 88 valence electrons. The molecule has 0 rings (SSSR count). The molecule has 1 atom stereocenters. The van der Waals surface area contributed by atoms with Crippen LogP contribution in [0.5, 0.6) is 0 Å². The summed E-state index contributed by atoms with van der Waals surface area (Å²) < 4.78 is 0. The van der Waals surface area contributed by atoms with Crippen LogP contribution < -0.4 is 16.4 Å². The van der Waals surface area contributed by atoms with Crippen LogP contribution in [0.2, 0.25) is 0 Å². The molecule has 0 fully saturated rings. The molecule has 0 aromatic carbocycles. The average Bonchev–Trinajstić information content (AvgIpc) is 2.24. The first kappa shape index (κ1) is 13.9. The Morgan fingerprint density at radius 3 is 2.47 bits per heavy atom. The van der Waals surface area contributed by atoms with Crippen molar-refractivity contribution in [3.8, 4) is 0 Å². The SMILES string of the molecule is CCCNC(=O)CCNC(=O)C(C)CN. The summed E-state index contributed by atoms with van der Waals surface area (Å²) in [6.45, 7) is 5.13. The Kier molecular flexibility index (Phi) is 7.62. The van der Waals surface area contributed by atoms with E-state index in [1.54, 1.807) is 6.92 Å². The van der Waals surface area contributed by atoms with E-state index in [2.05, 4.69) is 10.6 Å². The van der Waals surface area contributed by atoms with Gasteiger partial charge in [-0.25, -0.2) is 0 Å². The molecule has 15 heavy (non-hydrogen) atoms. The fraction of sp³-hybridized carbons (Fsp3) is 0.800. The molecule has 0 radical (unpaired) electrons. The van der Waals surface area contributed by atoms with Crippen molar-refractivity contribution in [2.45, 2.75) is 26.7 Å². The summed E-state index contributed by atoms with van der Waals surface area (Å²) in [7, 11) is 0. The van der Waals surface area contributed by atoms with Crippen LogP contribution in [-0.4, -0.2) is 31.4 Å². The first-order valence-electron chi connectivity index (χ1n) is 5.36. The normalized spacial score (nSPS) is 11.9. The lowest BCUT2D eigenvalue weighted by atomic mass is 10.2. The number of amides is 2. The van der Waals surface area contributed by atoms with E-state index in [-0.39, 0.29) is 17.7 Å². The van der Waals surface area contributed by atoms with Crippen molar-refractivity contribution in [1.82, 2.24) is 10.6 Å². The van der Waals surface area contributed by atoms with E-state index in [0.29, 0.717) is 26.1 Å². The van der Waals surface area contributed by atoms with Crippen LogP contribution >= 0.6 is 0 Å². The zero-order valence-corrected chi connectivity index (χ0v) is 9.51. The molecule has 0 heterocycles. The molecule has 4 N–H and O–H groups in total. The number of carbonyl (C=O) groups excluding carboxylic acids is 2. The fourth-order valence-corrected chi connectivity index (χ4v) is 0.933. The van der Waals surface area contributed by atoms with E-state index in [9.17, 15) is 9.59 Å². The molecule has 0 saturated carbocycles. The number of nitrogens with one attached hydrogen (secondary N) is 2. The molecule has 5 nitrogen and oxygen atoms in total. The minimum Gasteiger partial charge on any atom is -0.356 e. The highest BCUT2D eigenvalue weighted by Crippen LogP contribution is 1.90. The van der Waals surface area contributed by atoms with Gasteiger partial charge in [0.25, 0.3) is 0 Å². The fourth-order valence-electron chi connectivity index (χ4n) is 0.933. The number of carbonyl (C=O) groups is 2. The number of hydrogen-bond acceptors (Lipinski definition) is 3. The number of nitrogens with two attached hydrogens (primary N) is 1. The zero-order valence-electron chi connectivity index (χ0n) is 9.51. The van der Waals surface area contributed by atoms with Gasteiger partial charge < -0.3 is 16.4 Å². The Balaban J connectivity index is 3.52. The summed E-state index contributed by atoms with van der Waals surface area (Å²) in [5, 5.41) is 5.40. The van der Waals surface area contributed by atoms with Gasteiger partial charge in [0.2, 0.25) is 11.8 Å². The van der Waals surface area contributed by atoms with Crippen molar-refractivity contribution < 1.29 is 9.59 Å². The van der Waals surface area contributed by atoms with E-state index >= 15 is 0 Å². The smallest absolute Gasteiger partial charge is 0.224 e. The van der Waals surface area contributed by atoms with Gasteiger partial charge in [0.1, 0.15) is 0 Å². The lowest BCUT2D eigenvalue weighted by molar-refractivity contribution is -0.124. The van der Waals surface area contributed by atoms with Gasteiger partial charge in [-0.15, -0.1) is 0 Å². The zero-order chi connectivity index (χ0) is 11.7. The van der Waals surface area contributed by atoms with Crippen LogP contribution in [0.15, 0.2) is 0 Å². The van der Waals surface area contributed by atoms with Crippen molar-refractivity contribution in [1.29, 1.82) is 0 Å². The van der Waals surface area contributed by atoms with Crippen molar-refractivity contribution in [3.63, 3.8) is 0 Å². The van der Waals surface area contributed by atoms with Crippen LogP contribution in [0.25, 0.3) is 0 Å². The summed E-state index contributed by atoms with van der Waals surface area (Å²) >= 11 is 0. The molecule has 0 aromatic rings. The van der Waals surface area contributed by atoms with Gasteiger partial charge in [0.05, 0.1) is 0 Å².